The van der Waals surface area contributed by atoms with Gasteiger partial charge in [-0.2, -0.15) is 11.8 Å². The van der Waals surface area contributed by atoms with Crippen LogP contribution < -0.4 is 4.72 Å². The lowest BCUT2D eigenvalue weighted by atomic mass is 10.2. The van der Waals surface area contributed by atoms with Crippen LogP contribution in [0.1, 0.15) is 12.8 Å². The molecule has 0 amide bonds. The van der Waals surface area contributed by atoms with Crippen LogP contribution in [-0.4, -0.2) is 45.4 Å². The van der Waals surface area contributed by atoms with Gasteiger partial charge in [-0.1, -0.05) is 0 Å². The minimum absolute atomic E-state index is 0.529. The second-order valence-corrected chi connectivity index (χ2v) is 6.59. The molecule has 0 bridgehead atoms. The van der Waals surface area contributed by atoms with Gasteiger partial charge in [0.1, 0.15) is 0 Å². The highest BCUT2D eigenvalue weighted by atomic mass is 32.2. The van der Waals surface area contributed by atoms with E-state index in [1.807, 2.05) is 11.8 Å². The quantitative estimate of drug-likeness (QED) is 0.708. The van der Waals surface area contributed by atoms with Crippen LogP contribution in [-0.2, 0) is 14.8 Å². The lowest BCUT2D eigenvalue weighted by Gasteiger charge is -2.21. The molecule has 0 atom stereocenters. The Labute approximate surface area is 89.8 Å². The van der Waals surface area contributed by atoms with Crippen LogP contribution in [0.15, 0.2) is 0 Å². The van der Waals surface area contributed by atoms with Gasteiger partial charge in [0.15, 0.2) is 0 Å². The number of nitrogens with one attached hydrogen (secondary N) is 1. The Morgan fingerprint density at radius 3 is 2.64 bits per heavy atom. The predicted molar refractivity (Wildman–Crippen MR) is 59.1 cm³/mol. The van der Waals surface area contributed by atoms with Crippen molar-refractivity contribution < 1.29 is 13.2 Å². The van der Waals surface area contributed by atoms with Crippen molar-refractivity contribution in [2.24, 2.45) is 0 Å². The van der Waals surface area contributed by atoms with Crippen LogP contribution in [0.25, 0.3) is 0 Å². The van der Waals surface area contributed by atoms with Crippen molar-refractivity contribution in [2.75, 3.05) is 31.8 Å². The summed E-state index contributed by atoms with van der Waals surface area (Å²) >= 11 is 1.83. The molecule has 1 heterocycles. The van der Waals surface area contributed by atoms with Gasteiger partial charge in [-0.3, -0.25) is 0 Å². The summed E-state index contributed by atoms with van der Waals surface area (Å²) in [6, 6.07) is 0. The fourth-order valence-electron chi connectivity index (χ4n) is 1.30. The summed E-state index contributed by atoms with van der Waals surface area (Å²) in [5.41, 5.74) is 0. The predicted octanol–water partition coefficient (Wildman–Crippen LogP) is 0.448. The zero-order chi connectivity index (χ0) is 10.4. The molecule has 1 aliphatic rings. The van der Waals surface area contributed by atoms with Crippen molar-refractivity contribution in [3.63, 3.8) is 0 Å². The Morgan fingerprint density at radius 1 is 1.43 bits per heavy atom. The van der Waals surface area contributed by atoms with Gasteiger partial charge in [-0.15, -0.1) is 0 Å². The van der Waals surface area contributed by atoms with Gasteiger partial charge >= 0.3 is 0 Å². The van der Waals surface area contributed by atoms with Crippen LogP contribution in [0, 0.1) is 0 Å². The monoisotopic (exact) mass is 239 g/mol. The summed E-state index contributed by atoms with van der Waals surface area (Å²) in [6.45, 7) is 2.22. The van der Waals surface area contributed by atoms with Crippen molar-refractivity contribution in [1.82, 2.24) is 4.72 Å². The molecule has 1 aliphatic heterocycles. The van der Waals surface area contributed by atoms with Crippen LogP contribution in [0.5, 0.6) is 0 Å². The van der Waals surface area contributed by atoms with Gasteiger partial charge in [-0.25, -0.2) is 13.1 Å². The van der Waals surface area contributed by atoms with E-state index in [1.165, 1.54) is 6.26 Å². The van der Waals surface area contributed by atoms with Gasteiger partial charge in [0.25, 0.3) is 0 Å². The average molecular weight is 239 g/mol. The molecular weight excluding hydrogens is 222 g/mol. The highest BCUT2D eigenvalue weighted by Gasteiger charge is 2.13. The molecule has 84 valence electrons. The molecule has 0 aromatic rings. The minimum atomic E-state index is -3.02. The van der Waals surface area contributed by atoms with Crippen molar-refractivity contribution in [3.8, 4) is 0 Å². The number of sulfonamides is 1. The zero-order valence-electron chi connectivity index (χ0n) is 8.36. The first-order chi connectivity index (χ1) is 6.58. The number of thioether (sulfide) groups is 1. The Morgan fingerprint density at radius 2 is 2.07 bits per heavy atom. The maximum Gasteiger partial charge on any atom is 0.208 e. The van der Waals surface area contributed by atoms with E-state index in [0.717, 1.165) is 31.8 Å². The third-order valence-corrected chi connectivity index (χ3v) is 4.10. The highest BCUT2D eigenvalue weighted by molar-refractivity contribution is 8.00. The SMILES string of the molecule is CS(=O)(=O)NCCSC1CCOCC1. The van der Waals surface area contributed by atoms with E-state index in [9.17, 15) is 8.42 Å². The highest BCUT2D eigenvalue weighted by Crippen LogP contribution is 2.21. The number of rotatable bonds is 5. The number of hydrogen-bond donors (Lipinski definition) is 1. The Kier molecular flexibility index (Phi) is 5.22. The van der Waals surface area contributed by atoms with Crippen molar-refractivity contribution >= 4 is 21.8 Å². The van der Waals surface area contributed by atoms with Crippen molar-refractivity contribution in [3.05, 3.63) is 0 Å². The van der Waals surface area contributed by atoms with E-state index in [1.54, 1.807) is 0 Å². The first-order valence-electron chi connectivity index (χ1n) is 4.72. The van der Waals surface area contributed by atoms with E-state index in [-0.39, 0.29) is 0 Å². The summed E-state index contributed by atoms with van der Waals surface area (Å²) in [5, 5.41) is 0.644. The van der Waals surface area contributed by atoms with Gasteiger partial charge in [0.05, 0.1) is 6.26 Å². The maximum absolute atomic E-state index is 10.7. The second kappa shape index (κ2) is 5.95. The molecule has 1 saturated heterocycles. The zero-order valence-corrected chi connectivity index (χ0v) is 9.99. The minimum Gasteiger partial charge on any atom is -0.381 e. The molecule has 6 heteroatoms. The average Bonchev–Trinajstić information content (AvgIpc) is 2.13. The molecule has 1 N–H and O–H groups in total. The van der Waals surface area contributed by atoms with Crippen molar-refractivity contribution in [2.45, 2.75) is 18.1 Å². The fraction of sp³-hybridized carbons (Fsp3) is 1.00. The molecular formula is C8H17NO3S2. The van der Waals surface area contributed by atoms with E-state index in [4.69, 9.17) is 4.74 Å². The molecule has 0 aliphatic carbocycles. The number of hydrogen-bond acceptors (Lipinski definition) is 4. The first kappa shape index (κ1) is 12.3. The Balaban J connectivity index is 2.03. The molecule has 0 unspecified atom stereocenters. The third kappa shape index (κ3) is 5.85. The van der Waals surface area contributed by atoms with Crippen molar-refractivity contribution in [1.29, 1.82) is 0 Å². The largest absolute Gasteiger partial charge is 0.381 e. The van der Waals surface area contributed by atoms with Crippen LogP contribution in [0.4, 0.5) is 0 Å². The number of ether oxygens (including phenoxy) is 1. The van der Waals surface area contributed by atoms with E-state index >= 15 is 0 Å². The summed E-state index contributed by atoms with van der Waals surface area (Å²) in [7, 11) is -3.02. The maximum atomic E-state index is 10.7. The Bertz CT molecular complexity index is 247. The molecule has 14 heavy (non-hydrogen) atoms. The van der Waals surface area contributed by atoms with Crippen LogP contribution in [0.3, 0.4) is 0 Å². The Hall–Kier alpha value is 0.220. The lowest BCUT2D eigenvalue weighted by Crippen LogP contribution is -2.26. The fourth-order valence-corrected chi connectivity index (χ4v) is 2.98. The molecule has 4 nitrogen and oxygen atoms in total. The molecule has 0 spiro atoms. The van der Waals surface area contributed by atoms with Gasteiger partial charge in [-0.05, 0) is 12.8 Å². The second-order valence-electron chi connectivity index (χ2n) is 3.35. The van der Waals surface area contributed by atoms with E-state index < -0.39 is 10.0 Å². The van der Waals surface area contributed by atoms with Crippen LogP contribution in [0.2, 0.25) is 0 Å². The van der Waals surface area contributed by atoms with E-state index in [2.05, 4.69) is 4.72 Å². The summed E-state index contributed by atoms with van der Waals surface area (Å²) in [6.07, 6.45) is 3.36. The molecule has 0 radical (unpaired) electrons. The molecule has 0 aromatic heterocycles. The normalized spacial score (nSPS) is 19.8. The summed E-state index contributed by atoms with van der Waals surface area (Å²) in [5.74, 6) is 0.845. The standard InChI is InChI=1S/C8H17NO3S2/c1-14(10,11)9-4-7-13-8-2-5-12-6-3-8/h8-9H,2-7H2,1H3. The van der Waals surface area contributed by atoms with Gasteiger partial charge in [0.2, 0.25) is 10.0 Å². The molecule has 0 saturated carbocycles. The van der Waals surface area contributed by atoms with Gasteiger partial charge < -0.3 is 4.74 Å². The molecule has 0 aromatic carbocycles. The summed E-state index contributed by atoms with van der Waals surface area (Å²) in [4.78, 5) is 0. The lowest BCUT2D eigenvalue weighted by molar-refractivity contribution is 0.100. The third-order valence-electron chi connectivity index (χ3n) is 1.99. The van der Waals surface area contributed by atoms with E-state index in [0.29, 0.717) is 11.8 Å². The van der Waals surface area contributed by atoms with Gasteiger partial charge in [0, 0.05) is 30.8 Å². The van der Waals surface area contributed by atoms with Crippen LogP contribution >= 0.6 is 11.8 Å². The topological polar surface area (TPSA) is 55.4 Å². The molecule has 1 fully saturated rings. The summed E-state index contributed by atoms with van der Waals surface area (Å²) < 4.78 is 29.2. The first-order valence-corrected chi connectivity index (χ1v) is 7.66. The smallest absolute Gasteiger partial charge is 0.208 e. The molecule has 1 rings (SSSR count).